The van der Waals surface area contributed by atoms with Crippen LogP contribution in [-0.4, -0.2) is 18.5 Å². The van der Waals surface area contributed by atoms with Gasteiger partial charge in [-0.25, -0.2) is 0 Å². The Hall–Kier alpha value is -0.470. The number of hydrogen-bond acceptors (Lipinski definition) is 2. The van der Waals surface area contributed by atoms with E-state index in [1.54, 1.807) is 0 Å². The van der Waals surface area contributed by atoms with Crippen molar-refractivity contribution in [3.05, 3.63) is 29.8 Å². The molecular weight excluding hydrogens is 240 g/mol. The smallest absolute Gasteiger partial charge is 0.0600 e. The van der Waals surface area contributed by atoms with Gasteiger partial charge in [0.2, 0.25) is 0 Å². The molecule has 0 amide bonds. The van der Waals surface area contributed by atoms with Crippen LogP contribution < -0.4 is 0 Å². The summed E-state index contributed by atoms with van der Waals surface area (Å²) in [5.74, 6) is 2.56. The Morgan fingerprint density at radius 2 is 2.06 bits per heavy atom. The summed E-state index contributed by atoms with van der Waals surface area (Å²) in [6.07, 6.45) is 5.87. The highest BCUT2D eigenvalue weighted by atomic mass is 32.2. The predicted molar refractivity (Wildman–Crippen MR) is 77.3 cm³/mol. The lowest BCUT2D eigenvalue weighted by molar-refractivity contribution is -0.00959. The van der Waals surface area contributed by atoms with Crippen molar-refractivity contribution in [1.82, 2.24) is 0 Å². The van der Waals surface area contributed by atoms with Crippen LogP contribution in [0.5, 0.6) is 0 Å². The third kappa shape index (κ3) is 2.60. The van der Waals surface area contributed by atoms with Crippen molar-refractivity contribution in [1.29, 1.82) is 0 Å². The minimum atomic E-state index is 0.511. The maximum atomic E-state index is 6.22. The molecule has 1 aromatic rings. The standard InChI is InChI=1S/C16H22OS/c1-12-6-2-4-8-15(12)17-10-13-11-18-16-9-5-3-7-14(13)16/h3,5,7,9,12-13,15H,2,4,6,8,10-11H2,1H3. The van der Waals surface area contributed by atoms with Gasteiger partial charge in [0, 0.05) is 16.6 Å². The molecule has 0 spiro atoms. The molecule has 2 aliphatic rings. The zero-order valence-electron chi connectivity index (χ0n) is 11.1. The van der Waals surface area contributed by atoms with Crippen molar-refractivity contribution < 1.29 is 4.74 Å². The number of ether oxygens (including phenoxy) is 1. The molecule has 1 fully saturated rings. The van der Waals surface area contributed by atoms with E-state index >= 15 is 0 Å². The molecule has 3 unspecified atom stereocenters. The summed E-state index contributed by atoms with van der Waals surface area (Å²) in [7, 11) is 0. The fourth-order valence-electron chi connectivity index (χ4n) is 3.14. The zero-order valence-corrected chi connectivity index (χ0v) is 11.9. The molecule has 1 heterocycles. The quantitative estimate of drug-likeness (QED) is 0.794. The van der Waals surface area contributed by atoms with Crippen molar-refractivity contribution in [3.8, 4) is 0 Å². The molecule has 1 saturated carbocycles. The Kier molecular flexibility index (Phi) is 3.95. The molecule has 0 N–H and O–H groups in total. The molecular formula is C16H22OS. The summed E-state index contributed by atoms with van der Waals surface area (Å²) in [4.78, 5) is 1.46. The van der Waals surface area contributed by atoms with Gasteiger partial charge in [0.05, 0.1) is 12.7 Å². The fraction of sp³-hybridized carbons (Fsp3) is 0.625. The topological polar surface area (TPSA) is 9.23 Å². The minimum absolute atomic E-state index is 0.511. The monoisotopic (exact) mass is 262 g/mol. The molecule has 98 valence electrons. The van der Waals surface area contributed by atoms with Crippen LogP contribution in [-0.2, 0) is 4.74 Å². The molecule has 18 heavy (non-hydrogen) atoms. The van der Waals surface area contributed by atoms with Gasteiger partial charge < -0.3 is 4.74 Å². The van der Waals surface area contributed by atoms with Gasteiger partial charge in [-0.2, -0.15) is 0 Å². The van der Waals surface area contributed by atoms with Crippen molar-refractivity contribution >= 4 is 11.8 Å². The molecule has 1 aliphatic carbocycles. The van der Waals surface area contributed by atoms with E-state index < -0.39 is 0 Å². The first-order chi connectivity index (χ1) is 8.84. The average Bonchev–Trinajstić information content (AvgIpc) is 2.81. The lowest BCUT2D eigenvalue weighted by atomic mass is 9.88. The summed E-state index contributed by atoms with van der Waals surface area (Å²) in [6.45, 7) is 3.26. The predicted octanol–water partition coefficient (Wildman–Crippen LogP) is 4.47. The van der Waals surface area contributed by atoms with Crippen LogP contribution >= 0.6 is 11.8 Å². The average molecular weight is 262 g/mol. The Morgan fingerprint density at radius 3 is 2.94 bits per heavy atom. The molecule has 2 heteroatoms. The first-order valence-corrected chi connectivity index (χ1v) is 8.16. The normalized spacial score (nSPS) is 31.3. The van der Waals surface area contributed by atoms with Gasteiger partial charge in [-0.3, -0.25) is 0 Å². The van der Waals surface area contributed by atoms with Crippen molar-refractivity contribution in [3.63, 3.8) is 0 Å². The van der Waals surface area contributed by atoms with Crippen LogP contribution in [0.25, 0.3) is 0 Å². The van der Waals surface area contributed by atoms with E-state index in [0.717, 1.165) is 12.5 Å². The van der Waals surface area contributed by atoms with Crippen LogP contribution in [0.3, 0.4) is 0 Å². The van der Waals surface area contributed by atoms with Gasteiger partial charge in [0.1, 0.15) is 0 Å². The highest BCUT2D eigenvalue weighted by Gasteiger charge is 2.26. The molecule has 1 aliphatic heterocycles. The highest BCUT2D eigenvalue weighted by molar-refractivity contribution is 7.99. The Balaban J connectivity index is 1.58. The molecule has 1 nitrogen and oxygen atoms in total. The van der Waals surface area contributed by atoms with E-state index in [-0.39, 0.29) is 0 Å². The van der Waals surface area contributed by atoms with Gasteiger partial charge >= 0.3 is 0 Å². The van der Waals surface area contributed by atoms with Crippen molar-refractivity contribution in [2.24, 2.45) is 5.92 Å². The number of thioether (sulfide) groups is 1. The molecule has 0 bridgehead atoms. The summed E-state index contributed by atoms with van der Waals surface area (Å²) in [6, 6.07) is 8.80. The minimum Gasteiger partial charge on any atom is -0.377 e. The van der Waals surface area contributed by atoms with E-state index in [0.29, 0.717) is 12.0 Å². The second-order valence-electron chi connectivity index (χ2n) is 5.68. The van der Waals surface area contributed by atoms with E-state index in [1.165, 1.54) is 41.9 Å². The van der Waals surface area contributed by atoms with E-state index in [4.69, 9.17) is 4.74 Å². The van der Waals surface area contributed by atoms with E-state index in [1.807, 2.05) is 11.8 Å². The second kappa shape index (κ2) is 5.66. The maximum absolute atomic E-state index is 6.22. The molecule has 0 aromatic heterocycles. The van der Waals surface area contributed by atoms with Gasteiger partial charge in [-0.1, -0.05) is 38.0 Å². The summed E-state index contributed by atoms with van der Waals surface area (Å²) in [5.41, 5.74) is 1.51. The zero-order chi connectivity index (χ0) is 12.4. The lowest BCUT2D eigenvalue weighted by Gasteiger charge is -2.29. The van der Waals surface area contributed by atoms with Crippen LogP contribution in [0.2, 0.25) is 0 Å². The Morgan fingerprint density at radius 1 is 1.22 bits per heavy atom. The highest BCUT2D eigenvalue weighted by Crippen LogP contribution is 2.40. The van der Waals surface area contributed by atoms with Crippen LogP contribution in [0.1, 0.15) is 44.1 Å². The number of hydrogen-bond donors (Lipinski definition) is 0. The van der Waals surface area contributed by atoms with Gasteiger partial charge in [-0.15, -0.1) is 11.8 Å². The van der Waals surface area contributed by atoms with Crippen molar-refractivity contribution in [2.45, 2.75) is 49.5 Å². The van der Waals surface area contributed by atoms with E-state index in [9.17, 15) is 0 Å². The molecule has 1 aromatic carbocycles. The lowest BCUT2D eigenvalue weighted by Crippen LogP contribution is -2.27. The molecule has 0 radical (unpaired) electrons. The van der Waals surface area contributed by atoms with Crippen LogP contribution in [0.4, 0.5) is 0 Å². The van der Waals surface area contributed by atoms with Gasteiger partial charge in [0.15, 0.2) is 0 Å². The SMILES string of the molecule is CC1CCCCC1OCC1CSc2ccccc21. The molecule has 3 atom stereocenters. The first kappa shape index (κ1) is 12.6. The van der Waals surface area contributed by atoms with Gasteiger partial charge in [0.25, 0.3) is 0 Å². The summed E-state index contributed by atoms with van der Waals surface area (Å²) in [5, 5.41) is 0. The largest absolute Gasteiger partial charge is 0.377 e. The Bertz CT molecular complexity index is 404. The third-order valence-corrected chi connectivity index (χ3v) is 5.59. The fourth-order valence-corrected chi connectivity index (χ4v) is 4.37. The molecule has 3 rings (SSSR count). The van der Waals surface area contributed by atoms with Crippen molar-refractivity contribution in [2.75, 3.05) is 12.4 Å². The first-order valence-electron chi connectivity index (χ1n) is 7.18. The van der Waals surface area contributed by atoms with E-state index in [2.05, 4.69) is 31.2 Å². The number of benzene rings is 1. The summed E-state index contributed by atoms with van der Waals surface area (Å²) < 4.78 is 6.22. The van der Waals surface area contributed by atoms with Gasteiger partial charge in [-0.05, 0) is 30.4 Å². The number of rotatable bonds is 3. The third-order valence-electron chi connectivity index (χ3n) is 4.34. The Labute approximate surface area is 114 Å². The van der Waals surface area contributed by atoms with Crippen LogP contribution in [0.15, 0.2) is 29.2 Å². The van der Waals surface area contributed by atoms with Crippen LogP contribution in [0, 0.1) is 5.92 Å². The maximum Gasteiger partial charge on any atom is 0.0600 e. The summed E-state index contributed by atoms with van der Waals surface area (Å²) >= 11 is 1.98. The number of fused-ring (bicyclic) bond motifs is 1. The molecule has 0 saturated heterocycles. The second-order valence-corrected chi connectivity index (χ2v) is 6.74.